The highest BCUT2D eigenvalue weighted by atomic mass is 19.1. The Bertz CT molecular complexity index is 566. The van der Waals surface area contributed by atoms with Gasteiger partial charge in [-0.05, 0) is 25.2 Å². The van der Waals surface area contributed by atoms with Gasteiger partial charge in [-0.15, -0.1) is 0 Å². The fraction of sp³-hybridized carbons (Fsp3) is 0.562. The Morgan fingerprint density at radius 3 is 2.86 bits per heavy atom. The Hall–Kier alpha value is -1.66. The summed E-state index contributed by atoms with van der Waals surface area (Å²) >= 11 is 0. The van der Waals surface area contributed by atoms with E-state index in [1.807, 2.05) is 4.90 Å². The number of rotatable bonds is 2. The number of methoxy groups -OCH3 is 1. The molecule has 2 heterocycles. The first-order chi connectivity index (χ1) is 10.6. The minimum atomic E-state index is -0.514. The second-order valence-corrected chi connectivity index (χ2v) is 6.09. The van der Waals surface area contributed by atoms with Gasteiger partial charge in [0, 0.05) is 31.1 Å². The Morgan fingerprint density at radius 2 is 2.14 bits per heavy atom. The number of hydrogen-bond donors (Lipinski definition) is 0. The largest absolute Gasteiger partial charge is 0.494 e. The number of carbonyl (C=O) groups excluding carboxylic acids is 1. The van der Waals surface area contributed by atoms with Crippen LogP contribution >= 0.6 is 0 Å². The summed E-state index contributed by atoms with van der Waals surface area (Å²) in [7, 11) is 3.47. The first-order valence-electron chi connectivity index (χ1n) is 7.49. The standard InChI is InChI=1S/C16H21FN2O3/c1-18-6-11-7-19(13(8-18)10-22-9-11)16(20)12-3-4-15(21-2)14(17)5-12/h3-5,11,13H,6-10H2,1-2H3/t11-,13-/m0/s1. The molecule has 0 radical (unpaired) electrons. The maximum atomic E-state index is 13.9. The molecule has 1 aromatic rings. The summed E-state index contributed by atoms with van der Waals surface area (Å²) in [4.78, 5) is 16.9. The van der Waals surface area contributed by atoms with Gasteiger partial charge in [-0.2, -0.15) is 0 Å². The zero-order valence-corrected chi connectivity index (χ0v) is 12.9. The van der Waals surface area contributed by atoms with Crippen LogP contribution in [0.25, 0.3) is 0 Å². The molecule has 0 unspecified atom stereocenters. The molecule has 0 spiro atoms. The molecule has 6 heteroatoms. The molecule has 1 aromatic carbocycles. The van der Waals surface area contributed by atoms with Crippen molar-refractivity contribution in [2.24, 2.45) is 5.92 Å². The Balaban J connectivity index is 1.86. The minimum absolute atomic E-state index is 0.00941. The number of fused-ring (bicyclic) bond motifs is 3. The van der Waals surface area contributed by atoms with Crippen LogP contribution < -0.4 is 4.74 Å². The summed E-state index contributed by atoms with van der Waals surface area (Å²) in [6, 6.07) is 4.37. The van der Waals surface area contributed by atoms with E-state index in [9.17, 15) is 9.18 Å². The number of benzene rings is 1. The van der Waals surface area contributed by atoms with Crippen molar-refractivity contribution in [3.8, 4) is 5.75 Å². The van der Waals surface area contributed by atoms with Crippen molar-refractivity contribution in [3.63, 3.8) is 0 Å². The molecule has 2 atom stereocenters. The lowest BCUT2D eigenvalue weighted by Crippen LogP contribution is -2.46. The average Bonchev–Trinajstić information content (AvgIpc) is 2.76. The van der Waals surface area contributed by atoms with Gasteiger partial charge in [0.1, 0.15) is 0 Å². The van der Waals surface area contributed by atoms with Crippen LogP contribution in [-0.2, 0) is 4.74 Å². The summed E-state index contributed by atoms with van der Waals surface area (Å²) in [5.41, 5.74) is 0.355. The van der Waals surface area contributed by atoms with Gasteiger partial charge < -0.3 is 19.3 Å². The van der Waals surface area contributed by atoms with Gasteiger partial charge in [0.05, 0.1) is 26.4 Å². The van der Waals surface area contributed by atoms with Crippen molar-refractivity contribution in [2.75, 3.05) is 47.0 Å². The highest BCUT2D eigenvalue weighted by Gasteiger charge is 2.35. The molecule has 2 fully saturated rings. The highest BCUT2D eigenvalue weighted by molar-refractivity contribution is 5.94. The minimum Gasteiger partial charge on any atom is -0.494 e. The van der Waals surface area contributed by atoms with Gasteiger partial charge in [-0.3, -0.25) is 4.79 Å². The van der Waals surface area contributed by atoms with E-state index in [-0.39, 0.29) is 17.7 Å². The van der Waals surface area contributed by atoms with Crippen LogP contribution in [0.15, 0.2) is 18.2 Å². The monoisotopic (exact) mass is 308 g/mol. The summed E-state index contributed by atoms with van der Waals surface area (Å²) in [5.74, 6) is -0.212. The van der Waals surface area contributed by atoms with E-state index in [4.69, 9.17) is 9.47 Å². The van der Waals surface area contributed by atoms with Gasteiger partial charge in [0.15, 0.2) is 11.6 Å². The number of nitrogens with zero attached hydrogens (tertiary/aromatic N) is 2. The van der Waals surface area contributed by atoms with E-state index in [0.29, 0.717) is 31.2 Å². The van der Waals surface area contributed by atoms with Crippen LogP contribution in [0.1, 0.15) is 10.4 Å². The first-order valence-corrected chi connectivity index (χ1v) is 7.49. The Kier molecular flexibility index (Phi) is 4.31. The quantitative estimate of drug-likeness (QED) is 0.824. The maximum Gasteiger partial charge on any atom is 0.254 e. The van der Waals surface area contributed by atoms with Crippen LogP contribution in [0.2, 0.25) is 0 Å². The Morgan fingerprint density at radius 1 is 1.32 bits per heavy atom. The molecule has 0 aromatic heterocycles. The molecule has 0 N–H and O–H groups in total. The van der Waals surface area contributed by atoms with Crippen molar-refractivity contribution >= 4 is 5.91 Å². The molecule has 3 rings (SSSR count). The molecule has 2 bridgehead atoms. The van der Waals surface area contributed by atoms with E-state index in [1.165, 1.54) is 19.2 Å². The smallest absolute Gasteiger partial charge is 0.254 e. The Labute approximate surface area is 129 Å². The molecule has 2 aliphatic rings. The number of ether oxygens (including phenoxy) is 2. The summed E-state index contributed by atoms with van der Waals surface area (Å²) in [6.45, 7) is 3.55. The molecule has 5 nitrogen and oxygen atoms in total. The fourth-order valence-electron chi connectivity index (χ4n) is 3.29. The van der Waals surface area contributed by atoms with Crippen LogP contribution in [0.3, 0.4) is 0 Å². The van der Waals surface area contributed by atoms with E-state index in [0.717, 1.165) is 13.1 Å². The van der Waals surface area contributed by atoms with Crippen molar-refractivity contribution in [3.05, 3.63) is 29.6 Å². The molecule has 2 saturated heterocycles. The zero-order valence-electron chi connectivity index (χ0n) is 12.9. The third kappa shape index (κ3) is 2.94. The molecule has 22 heavy (non-hydrogen) atoms. The fourth-order valence-corrected chi connectivity index (χ4v) is 3.29. The molecule has 0 saturated carbocycles. The van der Waals surface area contributed by atoms with Crippen LogP contribution in [0, 0.1) is 11.7 Å². The lowest BCUT2D eigenvalue weighted by Gasteiger charge is -2.29. The molecule has 0 aliphatic carbocycles. The van der Waals surface area contributed by atoms with Gasteiger partial charge in [-0.25, -0.2) is 4.39 Å². The van der Waals surface area contributed by atoms with Crippen molar-refractivity contribution in [1.29, 1.82) is 0 Å². The number of halogens is 1. The lowest BCUT2D eigenvalue weighted by molar-refractivity contribution is 0.0483. The van der Waals surface area contributed by atoms with Gasteiger partial charge in [0.2, 0.25) is 0 Å². The number of hydrogen-bond acceptors (Lipinski definition) is 4. The lowest BCUT2D eigenvalue weighted by atomic mass is 10.1. The van der Waals surface area contributed by atoms with Crippen LogP contribution in [-0.4, -0.2) is 68.8 Å². The predicted molar refractivity (Wildman–Crippen MR) is 79.6 cm³/mol. The van der Waals surface area contributed by atoms with E-state index in [2.05, 4.69) is 11.9 Å². The molecular formula is C16H21FN2O3. The van der Waals surface area contributed by atoms with Crippen molar-refractivity contribution in [2.45, 2.75) is 6.04 Å². The van der Waals surface area contributed by atoms with Crippen molar-refractivity contribution in [1.82, 2.24) is 9.80 Å². The van der Waals surface area contributed by atoms with Crippen molar-refractivity contribution < 1.29 is 18.7 Å². The summed E-state index contributed by atoms with van der Waals surface area (Å²) in [6.07, 6.45) is 0. The van der Waals surface area contributed by atoms with Gasteiger partial charge in [0.25, 0.3) is 5.91 Å². The average molecular weight is 308 g/mol. The number of likely N-dealkylation sites (N-methyl/N-ethyl adjacent to an activating group) is 1. The topological polar surface area (TPSA) is 42.0 Å². The summed E-state index contributed by atoms with van der Waals surface area (Å²) in [5, 5.41) is 0. The predicted octanol–water partition coefficient (Wildman–Crippen LogP) is 1.24. The van der Waals surface area contributed by atoms with Crippen LogP contribution in [0.5, 0.6) is 5.75 Å². The van der Waals surface area contributed by atoms with E-state index < -0.39 is 5.82 Å². The normalized spacial score (nSPS) is 25.7. The third-order valence-electron chi connectivity index (χ3n) is 4.31. The number of carbonyl (C=O) groups is 1. The highest BCUT2D eigenvalue weighted by Crippen LogP contribution is 2.23. The van der Waals surface area contributed by atoms with E-state index in [1.54, 1.807) is 6.07 Å². The second kappa shape index (κ2) is 6.22. The third-order valence-corrected chi connectivity index (χ3v) is 4.31. The maximum absolute atomic E-state index is 13.9. The van der Waals surface area contributed by atoms with Gasteiger partial charge >= 0.3 is 0 Å². The van der Waals surface area contributed by atoms with E-state index >= 15 is 0 Å². The second-order valence-electron chi connectivity index (χ2n) is 6.09. The SMILES string of the molecule is COc1ccc(C(=O)N2C[C@H]3COC[C@@H]2CN(C)C3)cc1F. The van der Waals surface area contributed by atoms with Gasteiger partial charge in [-0.1, -0.05) is 0 Å². The molecular weight excluding hydrogens is 287 g/mol. The zero-order chi connectivity index (χ0) is 15.7. The number of amides is 1. The summed E-state index contributed by atoms with van der Waals surface area (Å²) < 4.78 is 24.4. The molecule has 2 aliphatic heterocycles. The molecule has 1 amide bonds. The first kappa shape index (κ1) is 15.2. The van der Waals surface area contributed by atoms with Crippen LogP contribution in [0.4, 0.5) is 4.39 Å². The molecule has 120 valence electrons.